The summed E-state index contributed by atoms with van der Waals surface area (Å²) in [6.45, 7) is 4.15. The lowest BCUT2D eigenvalue weighted by molar-refractivity contribution is 0.772. The monoisotopic (exact) mass is 211 g/mol. The Morgan fingerprint density at radius 2 is 2.36 bits per heavy atom. The van der Waals surface area contributed by atoms with Gasteiger partial charge in [-0.3, -0.25) is 0 Å². The van der Waals surface area contributed by atoms with Gasteiger partial charge < -0.3 is 5.32 Å². The number of nitrogens with zero attached hydrogens (tertiary/aromatic N) is 2. The van der Waals surface area contributed by atoms with E-state index in [4.69, 9.17) is 11.6 Å². The van der Waals surface area contributed by atoms with E-state index in [9.17, 15) is 0 Å². The maximum Gasteiger partial charge on any atom is 0.137 e. The molecule has 3 nitrogen and oxygen atoms in total. The van der Waals surface area contributed by atoms with Crippen LogP contribution in [0.15, 0.2) is 6.33 Å². The molecule has 0 bridgehead atoms. The van der Waals surface area contributed by atoms with Gasteiger partial charge in [0.25, 0.3) is 0 Å². The molecule has 14 heavy (non-hydrogen) atoms. The van der Waals surface area contributed by atoms with Gasteiger partial charge in [-0.15, -0.1) is 0 Å². The summed E-state index contributed by atoms with van der Waals surface area (Å²) in [4.78, 5) is 8.10. The Kier molecular flexibility index (Phi) is 2.59. The molecule has 1 N–H and O–H groups in total. The summed E-state index contributed by atoms with van der Waals surface area (Å²) < 4.78 is 0. The zero-order valence-corrected chi connectivity index (χ0v) is 9.17. The maximum atomic E-state index is 5.90. The molecule has 1 aliphatic rings. The summed E-state index contributed by atoms with van der Waals surface area (Å²) in [5, 5.41) is 3.93. The Morgan fingerprint density at radius 3 is 3.00 bits per heavy atom. The molecule has 0 aliphatic heterocycles. The van der Waals surface area contributed by atoms with Crippen molar-refractivity contribution in [2.75, 3.05) is 5.32 Å². The Morgan fingerprint density at radius 1 is 1.57 bits per heavy atom. The van der Waals surface area contributed by atoms with Crippen molar-refractivity contribution in [3.8, 4) is 0 Å². The highest BCUT2D eigenvalue weighted by atomic mass is 35.5. The van der Waals surface area contributed by atoms with Gasteiger partial charge in [0.1, 0.15) is 17.3 Å². The Labute approximate surface area is 88.9 Å². The summed E-state index contributed by atoms with van der Waals surface area (Å²) in [5.41, 5.74) is 0.941. The van der Waals surface area contributed by atoms with Crippen LogP contribution in [0, 0.1) is 12.8 Å². The van der Waals surface area contributed by atoms with Crippen molar-refractivity contribution in [2.24, 2.45) is 5.92 Å². The van der Waals surface area contributed by atoms with Crippen molar-refractivity contribution in [2.45, 2.75) is 32.7 Å². The van der Waals surface area contributed by atoms with Gasteiger partial charge in [0.2, 0.25) is 0 Å². The molecule has 76 valence electrons. The van der Waals surface area contributed by atoms with Gasteiger partial charge in [0, 0.05) is 11.6 Å². The van der Waals surface area contributed by atoms with Crippen LogP contribution in [-0.2, 0) is 0 Å². The van der Waals surface area contributed by atoms with Gasteiger partial charge in [-0.05, 0) is 19.3 Å². The molecule has 2 rings (SSSR count). The van der Waals surface area contributed by atoms with Crippen molar-refractivity contribution >= 4 is 17.4 Å². The van der Waals surface area contributed by atoms with Crippen LogP contribution in [0.4, 0.5) is 5.82 Å². The van der Waals surface area contributed by atoms with Crippen molar-refractivity contribution in [1.82, 2.24) is 9.97 Å². The second-order valence-electron chi connectivity index (χ2n) is 3.79. The Hall–Kier alpha value is -0.830. The van der Waals surface area contributed by atoms with Crippen LogP contribution in [0.3, 0.4) is 0 Å². The molecular formula is C10H14ClN3. The minimum absolute atomic E-state index is 0.538. The molecule has 0 saturated heterocycles. The molecule has 0 aromatic carbocycles. The normalized spacial score (nSPS) is 24.8. The van der Waals surface area contributed by atoms with Crippen LogP contribution in [0.2, 0.25) is 5.15 Å². The highest BCUT2D eigenvalue weighted by Crippen LogP contribution is 2.36. The van der Waals surface area contributed by atoms with Crippen LogP contribution in [0.5, 0.6) is 0 Å². The number of anilines is 1. The molecule has 1 aromatic heterocycles. The molecule has 1 fully saturated rings. The van der Waals surface area contributed by atoms with E-state index in [0.29, 0.717) is 11.2 Å². The summed E-state index contributed by atoms with van der Waals surface area (Å²) in [5.74, 6) is 1.69. The van der Waals surface area contributed by atoms with Crippen LogP contribution < -0.4 is 5.32 Å². The lowest BCUT2D eigenvalue weighted by Gasteiger charge is -2.07. The minimum atomic E-state index is 0.538. The lowest BCUT2D eigenvalue weighted by atomic mass is 10.3. The number of aromatic nitrogens is 2. The zero-order chi connectivity index (χ0) is 10.1. The summed E-state index contributed by atoms with van der Waals surface area (Å²) >= 11 is 5.90. The molecule has 0 spiro atoms. The van der Waals surface area contributed by atoms with Crippen LogP contribution in [0.1, 0.15) is 25.3 Å². The van der Waals surface area contributed by atoms with Crippen molar-refractivity contribution in [1.29, 1.82) is 0 Å². The molecule has 1 saturated carbocycles. The first-order chi connectivity index (χ1) is 6.72. The lowest BCUT2D eigenvalue weighted by Crippen LogP contribution is -2.08. The van der Waals surface area contributed by atoms with Crippen molar-refractivity contribution in [3.63, 3.8) is 0 Å². The highest BCUT2D eigenvalue weighted by molar-refractivity contribution is 6.30. The zero-order valence-electron chi connectivity index (χ0n) is 8.42. The average Bonchev–Trinajstić information content (AvgIpc) is 2.92. The molecular weight excluding hydrogens is 198 g/mol. The third-order valence-electron chi connectivity index (χ3n) is 2.79. The molecule has 1 heterocycles. The molecule has 0 radical (unpaired) electrons. The highest BCUT2D eigenvalue weighted by Gasteiger charge is 2.35. The maximum absolute atomic E-state index is 5.90. The first-order valence-corrected chi connectivity index (χ1v) is 5.33. The van der Waals surface area contributed by atoms with E-state index in [2.05, 4.69) is 22.2 Å². The summed E-state index contributed by atoms with van der Waals surface area (Å²) in [6, 6.07) is 0.588. The molecule has 2 atom stereocenters. The van der Waals surface area contributed by atoms with E-state index in [-0.39, 0.29) is 0 Å². The number of hydrogen-bond acceptors (Lipinski definition) is 3. The van der Waals surface area contributed by atoms with Crippen LogP contribution >= 0.6 is 11.6 Å². The van der Waals surface area contributed by atoms with Gasteiger partial charge in [0.15, 0.2) is 0 Å². The number of hydrogen-bond donors (Lipinski definition) is 1. The predicted octanol–water partition coefficient (Wildman–Crippen LogP) is 2.65. The van der Waals surface area contributed by atoms with Crippen molar-refractivity contribution in [3.05, 3.63) is 17.0 Å². The topological polar surface area (TPSA) is 37.8 Å². The van der Waals surface area contributed by atoms with Crippen molar-refractivity contribution < 1.29 is 0 Å². The van der Waals surface area contributed by atoms with Gasteiger partial charge in [-0.1, -0.05) is 24.9 Å². The summed E-state index contributed by atoms with van der Waals surface area (Å²) in [6.07, 6.45) is 3.98. The Bertz CT molecular complexity index is 340. The first-order valence-electron chi connectivity index (χ1n) is 4.96. The molecule has 1 aromatic rings. The molecule has 1 aliphatic carbocycles. The SMILES string of the molecule is CCC1CC1Nc1ncnc(Cl)c1C. The van der Waals surface area contributed by atoms with E-state index in [1.807, 2.05) is 6.92 Å². The average molecular weight is 212 g/mol. The fraction of sp³-hybridized carbons (Fsp3) is 0.600. The molecule has 2 unspecified atom stereocenters. The van der Waals surface area contributed by atoms with Gasteiger partial charge in [0.05, 0.1) is 0 Å². The van der Waals surface area contributed by atoms with E-state index >= 15 is 0 Å². The number of rotatable bonds is 3. The van der Waals surface area contributed by atoms with E-state index in [1.54, 1.807) is 0 Å². The predicted molar refractivity (Wildman–Crippen MR) is 57.6 cm³/mol. The van der Waals surface area contributed by atoms with E-state index in [0.717, 1.165) is 17.3 Å². The van der Waals surface area contributed by atoms with E-state index < -0.39 is 0 Å². The van der Waals surface area contributed by atoms with Gasteiger partial charge in [-0.2, -0.15) is 0 Å². The number of halogens is 1. The molecule has 4 heteroatoms. The summed E-state index contributed by atoms with van der Waals surface area (Å²) in [7, 11) is 0. The van der Waals surface area contributed by atoms with Crippen LogP contribution in [-0.4, -0.2) is 16.0 Å². The fourth-order valence-electron chi connectivity index (χ4n) is 1.63. The number of nitrogens with one attached hydrogen (secondary N) is 1. The smallest absolute Gasteiger partial charge is 0.137 e. The first kappa shape index (κ1) is 9.71. The second-order valence-corrected chi connectivity index (χ2v) is 4.15. The largest absolute Gasteiger partial charge is 0.367 e. The van der Waals surface area contributed by atoms with Crippen LogP contribution in [0.25, 0.3) is 0 Å². The van der Waals surface area contributed by atoms with Gasteiger partial charge in [-0.25, -0.2) is 9.97 Å². The standard InChI is InChI=1S/C10H14ClN3/c1-3-7-4-8(7)14-10-6(2)9(11)12-5-13-10/h5,7-8H,3-4H2,1-2H3,(H,12,13,14). The fourth-order valence-corrected chi connectivity index (χ4v) is 1.76. The van der Waals surface area contributed by atoms with Gasteiger partial charge >= 0.3 is 0 Å². The van der Waals surface area contributed by atoms with E-state index in [1.165, 1.54) is 19.2 Å². The minimum Gasteiger partial charge on any atom is -0.367 e. The quantitative estimate of drug-likeness (QED) is 0.782. The Balaban J connectivity index is 2.07. The second kappa shape index (κ2) is 3.73. The molecule has 0 amide bonds. The third kappa shape index (κ3) is 1.82. The third-order valence-corrected chi connectivity index (χ3v) is 3.17.